The highest BCUT2D eigenvalue weighted by Gasteiger charge is 2.42. The third kappa shape index (κ3) is 4.97. The Balaban J connectivity index is 1.73. The van der Waals surface area contributed by atoms with Crippen molar-refractivity contribution in [2.45, 2.75) is 38.5 Å². The predicted octanol–water partition coefficient (Wildman–Crippen LogP) is 5.39. The van der Waals surface area contributed by atoms with E-state index >= 15 is 0 Å². The molecule has 0 aromatic heterocycles. The van der Waals surface area contributed by atoms with Crippen LogP contribution in [0.15, 0.2) is 81.6 Å². The number of carbonyl (C=O) groups is 2. The van der Waals surface area contributed by atoms with Crippen molar-refractivity contribution in [2.75, 3.05) is 19.8 Å². The van der Waals surface area contributed by atoms with E-state index in [2.05, 4.69) is 33.4 Å². The zero-order valence-electron chi connectivity index (χ0n) is 18.9. The van der Waals surface area contributed by atoms with Gasteiger partial charge in [-0.3, -0.25) is 4.79 Å². The molecule has 6 heteroatoms. The first kappa shape index (κ1) is 23.5. The summed E-state index contributed by atoms with van der Waals surface area (Å²) in [5, 5.41) is 3.39. The highest BCUT2D eigenvalue weighted by molar-refractivity contribution is 9.10. The lowest BCUT2D eigenvalue weighted by Gasteiger charge is -2.37. The summed E-state index contributed by atoms with van der Waals surface area (Å²) in [6, 6.07) is 17.9. The molecule has 2 atom stereocenters. The molecule has 0 saturated heterocycles. The number of Topliss-reactive ketones (excluding diaryl/α,β-unsaturated/α-hetero) is 1. The number of halogens is 1. The zero-order chi connectivity index (χ0) is 23.4. The smallest absolute Gasteiger partial charge is 0.336 e. The van der Waals surface area contributed by atoms with Crippen molar-refractivity contribution in [2.24, 2.45) is 0 Å². The molecule has 2 aliphatic rings. The van der Waals surface area contributed by atoms with E-state index in [9.17, 15) is 9.59 Å². The van der Waals surface area contributed by atoms with Gasteiger partial charge in [0.15, 0.2) is 5.78 Å². The monoisotopic (exact) mass is 509 g/mol. The summed E-state index contributed by atoms with van der Waals surface area (Å²) < 4.78 is 11.7. The van der Waals surface area contributed by atoms with Gasteiger partial charge in [-0.05, 0) is 43.4 Å². The van der Waals surface area contributed by atoms with Gasteiger partial charge in [0.2, 0.25) is 0 Å². The van der Waals surface area contributed by atoms with E-state index in [0.29, 0.717) is 30.8 Å². The standard InChI is InChI=1S/C27H28BrNO4/c1-3-32-13-14-33-27(31)24-17(2)29-22-15-19(18-9-5-4-6-10-18)16-23(30)26(22)25(24)20-11-7-8-12-21(20)28/h4-12,19,25,29H,3,13-16H2,1-2H3/t19-,25-/m0/s1. The molecule has 172 valence electrons. The summed E-state index contributed by atoms with van der Waals surface area (Å²) >= 11 is 3.64. The van der Waals surface area contributed by atoms with E-state index in [0.717, 1.165) is 33.4 Å². The van der Waals surface area contributed by atoms with Gasteiger partial charge in [-0.2, -0.15) is 0 Å². The van der Waals surface area contributed by atoms with E-state index < -0.39 is 11.9 Å². The Kier molecular flexibility index (Phi) is 7.46. The van der Waals surface area contributed by atoms with Crippen LogP contribution in [-0.2, 0) is 19.1 Å². The Morgan fingerprint density at radius 3 is 2.52 bits per heavy atom. The first-order valence-corrected chi connectivity index (χ1v) is 12.1. The van der Waals surface area contributed by atoms with Crippen molar-refractivity contribution in [1.82, 2.24) is 5.32 Å². The summed E-state index contributed by atoms with van der Waals surface area (Å²) in [5.74, 6) is -0.742. The highest BCUT2D eigenvalue weighted by Crippen LogP contribution is 2.47. The molecule has 2 aromatic rings. The minimum atomic E-state index is -0.486. The molecule has 0 amide bonds. The van der Waals surface area contributed by atoms with Crippen LogP contribution >= 0.6 is 15.9 Å². The Labute approximate surface area is 203 Å². The van der Waals surface area contributed by atoms with Crippen LogP contribution in [0.1, 0.15) is 49.7 Å². The Morgan fingerprint density at radius 2 is 1.79 bits per heavy atom. The Hall–Kier alpha value is -2.70. The summed E-state index contributed by atoms with van der Waals surface area (Å²) in [6.07, 6.45) is 1.13. The highest BCUT2D eigenvalue weighted by atomic mass is 79.9. The van der Waals surface area contributed by atoms with Crippen LogP contribution in [0.4, 0.5) is 0 Å². The lowest BCUT2D eigenvalue weighted by Crippen LogP contribution is -2.36. The van der Waals surface area contributed by atoms with E-state index in [4.69, 9.17) is 9.47 Å². The largest absolute Gasteiger partial charge is 0.460 e. The Morgan fingerprint density at radius 1 is 1.06 bits per heavy atom. The number of nitrogens with one attached hydrogen (secondary N) is 1. The lowest BCUT2D eigenvalue weighted by molar-refractivity contribution is -0.140. The maximum absolute atomic E-state index is 13.6. The van der Waals surface area contributed by atoms with E-state index in [-0.39, 0.29) is 18.3 Å². The van der Waals surface area contributed by atoms with Crippen LogP contribution in [0.2, 0.25) is 0 Å². The van der Waals surface area contributed by atoms with Gasteiger partial charge in [-0.15, -0.1) is 0 Å². The average Bonchev–Trinajstić information content (AvgIpc) is 2.81. The topological polar surface area (TPSA) is 64.6 Å². The number of ether oxygens (including phenoxy) is 2. The second-order valence-corrected chi connectivity index (χ2v) is 9.14. The van der Waals surface area contributed by atoms with Gasteiger partial charge >= 0.3 is 5.97 Å². The average molecular weight is 510 g/mol. The second kappa shape index (κ2) is 10.5. The molecule has 33 heavy (non-hydrogen) atoms. The molecular formula is C27H28BrNO4. The summed E-state index contributed by atoms with van der Waals surface area (Å²) in [5.41, 5.74) is 4.79. The number of ketones is 1. The number of allylic oxidation sites excluding steroid dienone is 3. The van der Waals surface area contributed by atoms with E-state index in [1.807, 2.05) is 56.3 Å². The fourth-order valence-corrected chi connectivity index (χ4v) is 5.22. The molecule has 2 aromatic carbocycles. The first-order valence-electron chi connectivity index (χ1n) is 11.3. The molecule has 0 fully saturated rings. The van der Waals surface area contributed by atoms with Crippen LogP contribution in [0, 0.1) is 0 Å². The molecule has 1 heterocycles. The van der Waals surface area contributed by atoms with Crippen molar-refractivity contribution in [3.63, 3.8) is 0 Å². The fourth-order valence-electron chi connectivity index (χ4n) is 4.71. The quantitative estimate of drug-likeness (QED) is 0.400. The minimum absolute atomic E-state index is 0.0606. The van der Waals surface area contributed by atoms with Crippen molar-refractivity contribution in [1.29, 1.82) is 0 Å². The minimum Gasteiger partial charge on any atom is -0.460 e. The van der Waals surface area contributed by atoms with Crippen LogP contribution in [-0.4, -0.2) is 31.6 Å². The fraction of sp³-hybridized carbons (Fsp3) is 0.333. The SMILES string of the molecule is CCOCCOC(=O)C1=C(C)NC2=C(C(=O)C[C@@H](c3ccccc3)C2)[C@H]1c1ccccc1Br. The molecule has 1 N–H and O–H groups in total. The third-order valence-electron chi connectivity index (χ3n) is 6.20. The summed E-state index contributed by atoms with van der Waals surface area (Å²) in [7, 11) is 0. The number of rotatable bonds is 7. The molecule has 1 aliphatic heterocycles. The molecule has 0 saturated carbocycles. The van der Waals surface area contributed by atoms with Crippen LogP contribution < -0.4 is 5.32 Å². The molecule has 0 unspecified atom stereocenters. The zero-order valence-corrected chi connectivity index (χ0v) is 20.5. The maximum Gasteiger partial charge on any atom is 0.336 e. The van der Waals surface area contributed by atoms with E-state index in [1.165, 1.54) is 0 Å². The van der Waals surface area contributed by atoms with Gasteiger partial charge < -0.3 is 14.8 Å². The molecular weight excluding hydrogens is 482 g/mol. The number of hydrogen-bond acceptors (Lipinski definition) is 5. The molecule has 5 nitrogen and oxygen atoms in total. The predicted molar refractivity (Wildman–Crippen MR) is 131 cm³/mol. The van der Waals surface area contributed by atoms with Gasteiger partial charge in [0, 0.05) is 40.4 Å². The second-order valence-electron chi connectivity index (χ2n) is 8.28. The van der Waals surface area contributed by atoms with Crippen LogP contribution in [0.5, 0.6) is 0 Å². The number of esters is 1. The molecule has 0 bridgehead atoms. The van der Waals surface area contributed by atoms with Crippen molar-refractivity contribution >= 4 is 27.7 Å². The number of benzene rings is 2. The Bertz CT molecular complexity index is 1110. The van der Waals surface area contributed by atoms with Gasteiger partial charge in [0.1, 0.15) is 6.61 Å². The molecule has 0 spiro atoms. The lowest BCUT2D eigenvalue weighted by atomic mass is 9.72. The molecule has 1 aliphatic carbocycles. The maximum atomic E-state index is 13.6. The van der Waals surface area contributed by atoms with Gasteiger partial charge in [0.05, 0.1) is 12.2 Å². The summed E-state index contributed by atoms with van der Waals surface area (Å²) in [4.78, 5) is 26.8. The number of dihydropyridines is 1. The van der Waals surface area contributed by atoms with Crippen molar-refractivity contribution in [3.8, 4) is 0 Å². The summed E-state index contributed by atoms with van der Waals surface area (Å²) in [6.45, 7) is 4.85. The van der Waals surface area contributed by atoms with Gasteiger partial charge in [-0.1, -0.05) is 64.5 Å². The van der Waals surface area contributed by atoms with Gasteiger partial charge in [-0.25, -0.2) is 4.79 Å². The molecule has 4 rings (SSSR count). The number of hydrogen-bond donors (Lipinski definition) is 1. The molecule has 0 radical (unpaired) electrons. The van der Waals surface area contributed by atoms with Gasteiger partial charge in [0.25, 0.3) is 0 Å². The van der Waals surface area contributed by atoms with Crippen LogP contribution in [0.25, 0.3) is 0 Å². The normalized spacial score (nSPS) is 20.4. The van der Waals surface area contributed by atoms with E-state index in [1.54, 1.807) is 0 Å². The number of carbonyl (C=O) groups excluding carboxylic acids is 2. The first-order chi connectivity index (χ1) is 16.0. The van der Waals surface area contributed by atoms with Crippen LogP contribution in [0.3, 0.4) is 0 Å². The third-order valence-corrected chi connectivity index (χ3v) is 6.92. The van der Waals surface area contributed by atoms with Crippen molar-refractivity contribution < 1.29 is 19.1 Å². The van der Waals surface area contributed by atoms with Crippen molar-refractivity contribution in [3.05, 3.63) is 92.7 Å².